The Morgan fingerprint density at radius 2 is 1.52 bits per heavy atom. The van der Waals surface area contributed by atoms with Gasteiger partial charge in [0.15, 0.2) is 5.69 Å². The Morgan fingerprint density at radius 3 is 2.13 bits per heavy atom. The number of halogens is 3. The van der Waals surface area contributed by atoms with E-state index in [1.807, 2.05) is 6.07 Å². The Bertz CT molecular complexity index is 1290. The van der Waals surface area contributed by atoms with Gasteiger partial charge in [-0.25, -0.2) is 0 Å². The predicted molar refractivity (Wildman–Crippen MR) is 109 cm³/mol. The molecule has 0 bridgehead atoms. The zero-order valence-electron chi connectivity index (χ0n) is 15.8. The number of sulfonamides is 1. The van der Waals surface area contributed by atoms with E-state index in [-0.39, 0.29) is 10.6 Å². The number of hydrogen-bond acceptors (Lipinski definition) is 4. The largest absolute Gasteiger partial charge is 0.435 e. The molecule has 0 radical (unpaired) electrons. The molecule has 2 aromatic carbocycles. The van der Waals surface area contributed by atoms with Crippen molar-refractivity contribution in [1.29, 1.82) is 0 Å². The van der Waals surface area contributed by atoms with Crippen molar-refractivity contribution in [2.24, 2.45) is 0 Å². The molecule has 0 fully saturated rings. The molecule has 2 aromatic heterocycles. The van der Waals surface area contributed by atoms with E-state index in [1.54, 1.807) is 48.8 Å². The van der Waals surface area contributed by atoms with Gasteiger partial charge < -0.3 is 0 Å². The van der Waals surface area contributed by atoms with Crippen LogP contribution in [-0.4, -0.2) is 23.3 Å². The monoisotopic (exact) mass is 444 g/mol. The topological polar surface area (TPSA) is 76.9 Å². The molecule has 0 saturated heterocycles. The quantitative estimate of drug-likeness (QED) is 0.490. The van der Waals surface area contributed by atoms with Gasteiger partial charge in [0, 0.05) is 18.0 Å². The summed E-state index contributed by atoms with van der Waals surface area (Å²) >= 11 is 0. The summed E-state index contributed by atoms with van der Waals surface area (Å²) < 4.78 is 65.1. The SMILES string of the molecule is O=S(=O)(Nn1nc(C(F)(F)F)cc1-c1ccc(-c2cccnc2)cc1)c1ccccc1. The van der Waals surface area contributed by atoms with Crippen molar-refractivity contribution >= 4 is 10.0 Å². The summed E-state index contributed by atoms with van der Waals surface area (Å²) in [6.45, 7) is 0. The third-order valence-electron chi connectivity index (χ3n) is 4.44. The molecule has 0 aliphatic carbocycles. The normalized spacial score (nSPS) is 12.0. The van der Waals surface area contributed by atoms with E-state index >= 15 is 0 Å². The lowest BCUT2D eigenvalue weighted by Gasteiger charge is -2.11. The molecular formula is C21H15F3N4O2S. The van der Waals surface area contributed by atoms with Crippen LogP contribution in [-0.2, 0) is 16.2 Å². The lowest BCUT2D eigenvalue weighted by Crippen LogP contribution is -2.25. The zero-order chi connectivity index (χ0) is 22.1. The van der Waals surface area contributed by atoms with Gasteiger partial charge in [0.2, 0.25) is 0 Å². The van der Waals surface area contributed by atoms with Crippen LogP contribution in [0.3, 0.4) is 0 Å². The molecule has 31 heavy (non-hydrogen) atoms. The minimum atomic E-state index is -4.74. The van der Waals surface area contributed by atoms with Crippen molar-refractivity contribution in [1.82, 2.24) is 14.9 Å². The highest BCUT2D eigenvalue weighted by Gasteiger charge is 2.35. The number of nitrogens with zero attached hydrogens (tertiary/aromatic N) is 3. The molecule has 0 spiro atoms. The van der Waals surface area contributed by atoms with E-state index in [2.05, 4.69) is 14.9 Å². The molecule has 1 N–H and O–H groups in total. The second-order valence-electron chi connectivity index (χ2n) is 6.55. The molecular weight excluding hydrogens is 429 g/mol. The van der Waals surface area contributed by atoms with Crippen LogP contribution in [0.5, 0.6) is 0 Å². The van der Waals surface area contributed by atoms with E-state index in [0.717, 1.165) is 17.2 Å². The first kappa shape index (κ1) is 20.6. The minimum absolute atomic E-state index is 0.0513. The van der Waals surface area contributed by atoms with Gasteiger partial charge in [0.1, 0.15) is 0 Å². The first-order valence-corrected chi connectivity index (χ1v) is 10.5. The first-order valence-electron chi connectivity index (χ1n) is 9.00. The van der Waals surface area contributed by atoms with Crippen molar-refractivity contribution < 1.29 is 21.6 Å². The van der Waals surface area contributed by atoms with Crippen LogP contribution < -0.4 is 4.83 Å². The summed E-state index contributed by atoms with van der Waals surface area (Å²) in [4.78, 5) is 6.68. The molecule has 0 aliphatic heterocycles. The molecule has 10 heteroatoms. The average Bonchev–Trinajstić information content (AvgIpc) is 3.19. The maximum Gasteiger partial charge on any atom is 0.435 e. The molecule has 6 nitrogen and oxygen atoms in total. The van der Waals surface area contributed by atoms with Gasteiger partial charge in [0.25, 0.3) is 10.0 Å². The number of hydrogen-bond donors (Lipinski definition) is 1. The fourth-order valence-electron chi connectivity index (χ4n) is 2.93. The van der Waals surface area contributed by atoms with Crippen molar-refractivity contribution in [3.05, 3.63) is 90.9 Å². The van der Waals surface area contributed by atoms with Crippen LogP contribution >= 0.6 is 0 Å². The fourth-order valence-corrected chi connectivity index (χ4v) is 3.92. The van der Waals surface area contributed by atoms with Gasteiger partial charge in [-0.15, -0.1) is 5.10 Å². The third-order valence-corrected chi connectivity index (χ3v) is 5.74. The summed E-state index contributed by atoms with van der Waals surface area (Å²) in [7, 11) is -4.15. The molecule has 0 aliphatic rings. The second-order valence-corrected chi connectivity index (χ2v) is 8.21. The van der Waals surface area contributed by atoms with E-state index < -0.39 is 21.9 Å². The molecule has 0 amide bonds. The second kappa shape index (κ2) is 7.88. The summed E-state index contributed by atoms with van der Waals surface area (Å²) in [5.41, 5.74) is 0.734. The Hall–Kier alpha value is -3.66. The van der Waals surface area contributed by atoms with E-state index in [0.29, 0.717) is 10.4 Å². The van der Waals surface area contributed by atoms with Gasteiger partial charge in [0.05, 0.1) is 10.6 Å². The van der Waals surface area contributed by atoms with Crippen LogP contribution in [0.2, 0.25) is 0 Å². The smallest absolute Gasteiger partial charge is 0.264 e. The number of rotatable bonds is 5. The number of aromatic nitrogens is 3. The van der Waals surface area contributed by atoms with Gasteiger partial charge in [-0.05, 0) is 35.4 Å². The van der Waals surface area contributed by atoms with Crippen molar-refractivity contribution in [3.63, 3.8) is 0 Å². The van der Waals surface area contributed by atoms with E-state index in [4.69, 9.17) is 0 Å². The highest BCUT2D eigenvalue weighted by molar-refractivity contribution is 7.92. The molecule has 4 rings (SSSR count). The summed E-state index contributed by atoms with van der Waals surface area (Å²) in [5.74, 6) is 0. The number of benzene rings is 2. The van der Waals surface area contributed by atoms with Crippen LogP contribution in [0.15, 0.2) is 90.1 Å². The standard InChI is InChI=1S/C21H15F3N4O2S/c22-21(23,24)20-13-19(16-10-8-15(9-11-16)17-5-4-12-25-14-17)28(26-20)27-31(29,30)18-6-2-1-3-7-18/h1-14,27H. The molecule has 158 valence electrons. The number of alkyl halides is 3. The Morgan fingerprint density at radius 1 is 0.839 bits per heavy atom. The molecule has 4 aromatic rings. The summed E-state index contributed by atoms with van der Waals surface area (Å²) in [5, 5.41) is 3.44. The van der Waals surface area contributed by atoms with Crippen LogP contribution in [0.4, 0.5) is 13.2 Å². The highest BCUT2D eigenvalue weighted by atomic mass is 32.2. The predicted octanol–water partition coefficient (Wildman–Crippen LogP) is 4.56. The number of pyridine rings is 1. The van der Waals surface area contributed by atoms with Crippen molar-refractivity contribution in [3.8, 4) is 22.4 Å². The lowest BCUT2D eigenvalue weighted by molar-refractivity contribution is -0.141. The highest BCUT2D eigenvalue weighted by Crippen LogP contribution is 2.32. The van der Waals surface area contributed by atoms with Crippen LogP contribution in [0.1, 0.15) is 5.69 Å². The van der Waals surface area contributed by atoms with Gasteiger partial charge in [-0.1, -0.05) is 48.5 Å². The van der Waals surface area contributed by atoms with Crippen LogP contribution in [0, 0.1) is 0 Å². The Kier molecular flexibility index (Phi) is 5.24. The molecule has 0 atom stereocenters. The zero-order valence-corrected chi connectivity index (χ0v) is 16.6. The van der Waals surface area contributed by atoms with Gasteiger partial charge in [-0.3, -0.25) is 4.98 Å². The lowest BCUT2D eigenvalue weighted by atomic mass is 10.0. The molecule has 0 saturated carbocycles. The maximum absolute atomic E-state index is 13.3. The Balaban J connectivity index is 1.74. The van der Waals surface area contributed by atoms with E-state index in [9.17, 15) is 21.6 Å². The summed E-state index contributed by atoms with van der Waals surface area (Å²) in [6, 6.07) is 18.3. The molecule has 2 heterocycles. The fraction of sp³-hybridized carbons (Fsp3) is 0.0476. The average molecular weight is 444 g/mol. The van der Waals surface area contributed by atoms with Gasteiger partial charge in [-0.2, -0.15) is 31.2 Å². The Labute approximate surface area is 176 Å². The maximum atomic E-state index is 13.3. The third kappa shape index (κ3) is 4.43. The number of nitrogens with one attached hydrogen (secondary N) is 1. The molecule has 0 unspecified atom stereocenters. The van der Waals surface area contributed by atoms with Gasteiger partial charge >= 0.3 is 6.18 Å². The van der Waals surface area contributed by atoms with Crippen LogP contribution in [0.25, 0.3) is 22.4 Å². The van der Waals surface area contributed by atoms with Crippen molar-refractivity contribution in [2.75, 3.05) is 4.83 Å². The van der Waals surface area contributed by atoms with Crippen molar-refractivity contribution in [2.45, 2.75) is 11.1 Å². The van der Waals surface area contributed by atoms with E-state index in [1.165, 1.54) is 24.3 Å². The summed E-state index contributed by atoms with van der Waals surface area (Å²) in [6.07, 6.45) is -1.45. The first-order chi connectivity index (χ1) is 14.7. The minimum Gasteiger partial charge on any atom is -0.264 e.